The van der Waals surface area contributed by atoms with Crippen molar-refractivity contribution in [1.82, 2.24) is 10.3 Å². The fourth-order valence-electron chi connectivity index (χ4n) is 3.09. The largest absolute Gasteiger partial charge is 0.489 e. The smallest absolute Gasteiger partial charge is 0.248 e. The zero-order chi connectivity index (χ0) is 24.5. The van der Waals surface area contributed by atoms with Gasteiger partial charge in [0.15, 0.2) is 0 Å². The molecule has 3 N–H and O–H groups in total. The Kier molecular flexibility index (Phi) is 8.73. The van der Waals surface area contributed by atoms with Crippen LogP contribution >= 0.6 is 11.6 Å². The summed E-state index contributed by atoms with van der Waals surface area (Å²) in [7, 11) is 0. The summed E-state index contributed by atoms with van der Waals surface area (Å²) in [6, 6.07) is 9.27. The van der Waals surface area contributed by atoms with Crippen LogP contribution in [0.15, 0.2) is 48.7 Å². The number of hydrogen-bond acceptors (Lipinski definition) is 6. The first-order chi connectivity index (χ1) is 16.5. The Morgan fingerprint density at radius 1 is 1.32 bits per heavy atom. The molecule has 1 amide bonds. The van der Waals surface area contributed by atoms with Crippen molar-refractivity contribution >= 4 is 45.5 Å². The summed E-state index contributed by atoms with van der Waals surface area (Å²) >= 11 is 5.89. The molecule has 1 heterocycles. The van der Waals surface area contributed by atoms with E-state index in [1.807, 2.05) is 6.92 Å². The number of rotatable bonds is 10. The SMILES string of the molecule is CCNCC=CC(=O)Nc1cc2c(Nc3ccc(F)c(Cl)c3)c(C#N)cnc2cc1OCCF. The number of hydrogen-bond donors (Lipinski definition) is 3. The van der Waals surface area contributed by atoms with Crippen LogP contribution in [0.4, 0.5) is 25.8 Å². The fourth-order valence-corrected chi connectivity index (χ4v) is 3.27. The molecule has 2 aromatic carbocycles. The van der Waals surface area contributed by atoms with Gasteiger partial charge in [0.2, 0.25) is 5.91 Å². The Bertz CT molecular complexity index is 1260. The quantitative estimate of drug-likeness (QED) is 0.273. The summed E-state index contributed by atoms with van der Waals surface area (Å²) < 4.78 is 31.8. The number of carbonyl (C=O) groups is 1. The first-order valence-corrected chi connectivity index (χ1v) is 10.8. The van der Waals surface area contributed by atoms with Crippen LogP contribution in [0.25, 0.3) is 10.9 Å². The molecule has 7 nitrogen and oxygen atoms in total. The van der Waals surface area contributed by atoms with Gasteiger partial charge in [-0.3, -0.25) is 9.78 Å². The highest BCUT2D eigenvalue weighted by atomic mass is 35.5. The molecule has 34 heavy (non-hydrogen) atoms. The molecule has 0 radical (unpaired) electrons. The van der Waals surface area contributed by atoms with Crippen molar-refractivity contribution < 1.29 is 18.3 Å². The number of aromatic nitrogens is 1. The first kappa shape index (κ1) is 24.9. The average Bonchev–Trinajstić information content (AvgIpc) is 2.83. The number of benzene rings is 2. The van der Waals surface area contributed by atoms with Gasteiger partial charge in [-0.2, -0.15) is 5.26 Å². The minimum absolute atomic E-state index is 0.0823. The third kappa shape index (κ3) is 6.19. The van der Waals surface area contributed by atoms with E-state index in [4.69, 9.17) is 16.3 Å². The van der Waals surface area contributed by atoms with E-state index in [-0.39, 0.29) is 28.6 Å². The standard InChI is InChI=1S/C24H22ClF2N5O2/c1-2-29-8-3-4-23(33)32-21-11-17-20(12-22(21)34-9-7-26)30-14-15(13-28)24(17)31-16-5-6-19(27)18(25)10-16/h3-6,10-12,14,29H,2,7-9H2,1H3,(H,30,31)(H,32,33). The molecule has 0 spiro atoms. The molecule has 0 fully saturated rings. The predicted octanol–water partition coefficient (Wildman–Crippen LogP) is 5.10. The molecule has 3 rings (SSSR count). The number of likely N-dealkylation sites (N-methyl/N-ethyl adjacent to an activating group) is 1. The maximum atomic E-state index is 13.6. The average molecular weight is 486 g/mol. The molecule has 0 bridgehead atoms. The van der Waals surface area contributed by atoms with Gasteiger partial charge >= 0.3 is 0 Å². The van der Waals surface area contributed by atoms with Crippen LogP contribution in [0.2, 0.25) is 5.02 Å². The molecule has 3 aromatic rings. The van der Waals surface area contributed by atoms with E-state index < -0.39 is 18.4 Å². The van der Waals surface area contributed by atoms with E-state index in [0.29, 0.717) is 28.8 Å². The minimum atomic E-state index is -0.715. The maximum absolute atomic E-state index is 13.6. The van der Waals surface area contributed by atoms with Crippen molar-refractivity contribution in [1.29, 1.82) is 5.26 Å². The summed E-state index contributed by atoms with van der Waals surface area (Å²) in [6.45, 7) is 2.32. The maximum Gasteiger partial charge on any atom is 0.248 e. The van der Waals surface area contributed by atoms with Gasteiger partial charge in [0.25, 0.3) is 0 Å². The zero-order valence-electron chi connectivity index (χ0n) is 18.3. The van der Waals surface area contributed by atoms with E-state index in [1.165, 1.54) is 30.5 Å². The topological polar surface area (TPSA) is 99.1 Å². The molecule has 0 unspecified atom stereocenters. The molecule has 0 atom stereocenters. The van der Waals surface area contributed by atoms with Crippen molar-refractivity contribution in [2.45, 2.75) is 6.92 Å². The van der Waals surface area contributed by atoms with Gasteiger partial charge in [-0.05, 0) is 30.8 Å². The van der Waals surface area contributed by atoms with Crippen LogP contribution < -0.4 is 20.7 Å². The molecule has 0 aliphatic heterocycles. The third-order valence-corrected chi connectivity index (χ3v) is 4.94. The molecule has 0 aliphatic carbocycles. The van der Waals surface area contributed by atoms with Gasteiger partial charge in [0.1, 0.15) is 30.9 Å². The Morgan fingerprint density at radius 3 is 2.85 bits per heavy atom. The van der Waals surface area contributed by atoms with Gasteiger partial charge in [-0.15, -0.1) is 0 Å². The van der Waals surface area contributed by atoms with Gasteiger partial charge in [0, 0.05) is 36.0 Å². The zero-order valence-corrected chi connectivity index (χ0v) is 19.0. The lowest BCUT2D eigenvalue weighted by Gasteiger charge is -2.16. The highest BCUT2D eigenvalue weighted by Crippen LogP contribution is 2.36. The molecule has 0 saturated carbocycles. The highest BCUT2D eigenvalue weighted by molar-refractivity contribution is 6.31. The number of alkyl halides is 1. The Morgan fingerprint density at radius 2 is 2.15 bits per heavy atom. The summed E-state index contributed by atoms with van der Waals surface area (Å²) in [4.78, 5) is 16.7. The number of halogens is 3. The van der Waals surface area contributed by atoms with Crippen molar-refractivity contribution in [3.8, 4) is 11.8 Å². The number of amides is 1. The van der Waals surface area contributed by atoms with Crippen LogP contribution in [0.5, 0.6) is 5.75 Å². The lowest BCUT2D eigenvalue weighted by molar-refractivity contribution is -0.111. The van der Waals surface area contributed by atoms with E-state index in [1.54, 1.807) is 18.2 Å². The molecule has 10 heteroatoms. The summed E-state index contributed by atoms with van der Waals surface area (Å²) in [5, 5.41) is 18.9. The number of fused-ring (bicyclic) bond motifs is 1. The normalized spacial score (nSPS) is 10.9. The van der Waals surface area contributed by atoms with Gasteiger partial charge in [-0.25, -0.2) is 8.78 Å². The molecule has 176 valence electrons. The van der Waals surface area contributed by atoms with E-state index in [9.17, 15) is 18.8 Å². The Labute approximate surface area is 200 Å². The van der Waals surface area contributed by atoms with Gasteiger partial charge in [-0.1, -0.05) is 24.6 Å². The number of nitriles is 1. The van der Waals surface area contributed by atoms with Crippen molar-refractivity contribution in [3.05, 3.63) is 65.1 Å². The number of nitrogens with zero attached hydrogens (tertiary/aromatic N) is 2. The second-order valence-corrected chi connectivity index (χ2v) is 7.42. The van der Waals surface area contributed by atoms with Crippen LogP contribution in [-0.2, 0) is 4.79 Å². The second kappa shape index (κ2) is 11.9. The van der Waals surface area contributed by atoms with E-state index in [2.05, 4.69) is 27.0 Å². The van der Waals surface area contributed by atoms with Crippen molar-refractivity contribution in [2.24, 2.45) is 0 Å². The van der Waals surface area contributed by atoms with Gasteiger partial charge in [0.05, 0.1) is 27.5 Å². The first-order valence-electron chi connectivity index (χ1n) is 10.4. The second-order valence-electron chi connectivity index (χ2n) is 7.01. The summed E-state index contributed by atoms with van der Waals surface area (Å²) in [6.07, 6.45) is 4.41. The highest BCUT2D eigenvalue weighted by Gasteiger charge is 2.16. The molecule has 0 saturated heterocycles. The van der Waals surface area contributed by atoms with E-state index in [0.717, 1.165) is 6.54 Å². The number of ether oxygens (including phenoxy) is 1. The predicted molar refractivity (Wildman–Crippen MR) is 129 cm³/mol. The minimum Gasteiger partial charge on any atom is -0.489 e. The van der Waals surface area contributed by atoms with E-state index >= 15 is 0 Å². The Hall–Kier alpha value is -3.74. The summed E-state index contributed by atoms with van der Waals surface area (Å²) in [5.41, 5.74) is 1.75. The van der Waals surface area contributed by atoms with Crippen molar-refractivity contribution in [3.63, 3.8) is 0 Å². The Balaban J connectivity index is 2.05. The number of anilines is 3. The lowest BCUT2D eigenvalue weighted by atomic mass is 10.1. The van der Waals surface area contributed by atoms with Crippen LogP contribution in [0.1, 0.15) is 12.5 Å². The van der Waals surface area contributed by atoms with Gasteiger partial charge < -0.3 is 20.7 Å². The van der Waals surface area contributed by atoms with Crippen LogP contribution in [0.3, 0.4) is 0 Å². The molecule has 0 aliphatic rings. The number of nitrogens with one attached hydrogen (secondary N) is 3. The summed E-state index contributed by atoms with van der Waals surface area (Å²) in [5.74, 6) is -0.757. The van der Waals surface area contributed by atoms with Crippen molar-refractivity contribution in [2.75, 3.05) is 37.0 Å². The third-order valence-electron chi connectivity index (χ3n) is 4.65. The number of pyridine rings is 1. The molecule has 1 aromatic heterocycles. The fraction of sp³-hybridized carbons (Fsp3) is 0.208. The molecular formula is C24H22ClF2N5O2. The monoisotopic (exact) mass is 485 g/mol. The lowest BCUT2D eigenvalue weighted by Crippen LogP contribution is -2.14. The van der Waals surface area contributed by atoms with Crippen LogP contribution in [0, 0.1) is 17.1 Å². The van der Waals surface area contributed by atoms with Crippen LogP contribution in [-0.4, -0.2) is 37.3 Å². The number of carbonyl (C=O) groups excluding carboxylic acids is 1. The molecular weight excluding hydrogens is 464 g/mol.